The van der Waals surface area contributed by atoms with Crippen LogP contribution >= 0.6 is 22.9 Å². The number of benzene rings is 2. The Morgan fingerprint density at radius 1 is 1.18 bits per heavy atom. The molecule has 0 fully saturated rings. The second-order valence-corrected chi connectivity index (χ2v) is 6.32. The van der Waals surface area contributed by atoms with Gasteiger partial charge in [0, 0.05) is 20.9 Å². The Kier molecular flexibility index (Phi) is 4.01. The number of carbonyl (C=O) groups is 1. The van der Waals surface area contributed by atoms with Gasteiger partial charge in [0.05, 0.1) is 12.0 Å². The molecule has 4 heteroatoms. The predicted octanol–water partition coefficient (Wildman–Crippen LogP) is 5.46. The lowest BCUT2D eigenvalue weighted by molar-refractivity contribution is 0.106. The van der Waals surface area contributed by atoms with E-state index in [0.717, 1.165) is 10.1 Å². The molecule has 0 aliphatic rings. The lowest BCUT2D eigenvalue weighted by Gasteiger charge is -2.09. The van der Waals surface area contributed by atoms with Gasteiger partial charge in [0.1, 0.15) is 5.75 Å². The number of ether oxygens (including phenoxy) is 1. The van der Waals surface area contributed by atoms with Gasteiger partial charge in [-0.3, -0.25) is 4.79 Å². The second kappa shape index (κ2) is 5.95. The van der Waals surface area contributed by atoms with Crippen molar-refractivity contribution in [3.05, 3.63) is 70.6 Å². The van der Waals surface area contributed by atoms with Gasteiger partial charge in [0.15, 0.2) is 0 Å². The van der Waals surface area contributed by atoms with Crippen LogP contribution in [0, 0.1) is 0 Å². The zero-order valence-corrected chi connectivity index (χ0v) is 13.5. The van der Waals surface area contributed by atoms with Crippen molar-refractivity contribution < 1.29 is 9.53 Å². The number of para-hydroxylation sites is 1. The molecular formula is C18H13ClO2S. The summed E-state index contributed by atoms with van der Waals surface area (Å²) >= 11 is 7.41. The number of halogens is 1. The van der Waals surface area contributed by atoms with Crippen LogP contribution in [-0.4, -0.2) is 12.9 Å². The van der Waals surface area contributed by atoms with Gasteiger partial charge >= 0.3 is 0 Å². The van der Waals surface area contributed by atoms with Crippen molar-refractivity contribution in [2.45, 2.75) is 0 Å². The van der Waals surface area contributed by atoms with Crippen molar-refractivity contribution in [1.82, 2.24) is 0 Å². The Bertz CT molecular complexity index is 880. The Morgan fingerprint density at radius 3 is 2.73 bits per heavy atom. The number of ketones is 1. The molecule has 0 N–H and O–H groups in total. The van der Waals surface area contributed by atoms with Crippen molar-refractivity contribution >= 4 is 44.4 Å². The Balaban J connectivity index is 1.99. The fraction of sp³-hybridized carbons (Fsp3) is 0.0556. The largest absolute Gasteiger partial charge is 0.496 e. The number of Topliss-reactive ketones (excluding diaryl/α,β-unsaturated/α-hetero) is 1. The topological polar surface area (TPSA) is 26.3 Å². The Labute approximate surface area is 137 Å². The number of hydrogen-bond acceptors (Lipinski definition) is 3. The van der Waals surface area contributed by atoms with E-state index in [9.17, 15) is 4.79 Å². The summed E-state index contributed by atoms with van der Waals surface area (Å²) in [6.45, 7) is 3.95. The number of fused-ring (bicyclic) bond motifs is 1. The molecule has 0 amide bonds. The monoisotopic (exact) mass is 328 g/mol. The highest BCUT2D eigenvalue weighted by atomic mass is 35.5. The molecular weight excluding hydrogens is 316 g/mol. The van der Waals surface area contributed by atoms with Gasteiger partial charge in [0.2, 0.25) is 5.78 Å². The molecule has 0 spiro atoms. The maximum Gasteiger partial charge on any atom is 0.203 e. The minimum absolute atomic E-state index is 0.0955. The molecule has 0 atom stereocenters. The van der Waals surface area contributed by atoms with Crippen LogP contribution in [0.3, 0.4) is 0 Å². The molecule has 0 aliphatic carbocycles. The van der Waals surface area contributed by atoms with Gasteiger partial charge in [-0.1, -0.05) is 42.4 Å². The maximum absolute atomic E-state index is 12.7. The molecule has 3 rings (SSSR count). The van der Waals surface area contributed by atoms with E-state index >= 15 is 0 Å². The van der Waals surface area contributed by atoms with Crippen LogP contribution in [0.1, 0.15) is 15.2 Å². The summed E-state index contributed by atoms with van der Waals surface area (Å²) in [5.74, 6) is 0.548. The average molecular weight is 329 g/mol. The fourth-order valence-corrected chi connectivity index (χ4v) is 3.59. The molecule has 22 heavy (non-hydrogen) atoms. The van der Waals surface area contributed by atoms with Gasteiger partial charge in [0.25, 0.3) is 0 Å². The number of hydrogen-bond donors (Lipinski definition) is 0. The lowest BCUT2D eigenvalue weighted by atomic mass is 10.0. The quantitative estimate of drug-likeness (QED) is 0.469. The molecule has 0 radical (unpaired) electrons. The molecule has 0 bridgehead atoms. The summed E-state index contributed by atoms with van der Waals surface area (Å²) in [5, 5.41) is 1.67. The van der Waals surface area contributed by atoms with Crippen LogP contribution in [0.5, 0.6) is 5.75 Å². The number of rotatable bonds is 4. The first-order chi connectivity index (χ1) is 10.6. The molecule has 110 valence electrons. The van der Waals surface area contributed by atoms with Crippen LogP contribution in [0.15, 0.2) is 55.1 Å². The van der Waals surface area contributed by atoms with E-state index in [1.54, 1.807) is 7.11 Å². The van der Waals surface area contributed by atoms with Gasteiger partial charge in [-0.05, 0) is 29.7 Å². The zero-order valence-electron chi connectivity index (χ0n) is 11.9. The lowest BCUT2D eigenvalue weighted by Crippen LogP contribution is -2.01. The van der Waals surface area contributed by atoms with E-state index in [0.29, 0.717) is 26.8 Å². The van der Waals surface area contributed by atoms with Crippen molar-refractivity contribution in [1.29, 1.82) is 0 Å². The predicted molar refractivity (Wildman–Crippen MR) is 93.2 cm³/mol. The number of allylic oxidation sites excluding steroid dienone is 1. The summed E-state index contributed by atoms with van der Waals surface area (Å²) in [6.07, 6.45) is 0. The molecule has 0 aliphatic heterocycles. The summed E-state index contributed by atoms with van der Waals surface area (Å²) in [7, 11) is 1.58. The van der Waals surface area contributed by atoms with E-state index in [-0.39, 0.29) is 5.78 Å². The van der Waals surface area contributed by atoms with Crippen LogP contribution < -0.4 is 4.74 Å². The summed E-state index contributed by atoms with van der Waals surface area (Å²) in [6, 6.07) is 14.9. The fourth-order valence-electron chi connectivity index (χ4n) is 2.28. The number of methoxy groups -OCH3 is 1. The Morgan fingerprint density at radius 2 is 1.95 bits per heavy atom. The molecule has 0 saturated heterocycles. The number of carbonyl (C=O) groups excluding carboxylic acids is 1. The van der Waals surface area contributed by atoms with Gasteiger partial charge in [-0.2, -0.15) is 0 Å². The molecule has 2 nitrogen and oxygen atoms in total. The summed E-state index contributed by atoms with van der Waals surface area (Å²) < 4.78 is 6.29. The van der Waals surface area contributed by atoms with Crippen LogP contribution in [0.2, 0.25) is 5.02 Å². The molecule has 0 saturated carbocycles. The van der Waals surface area contributed by atoms with E-state index in [1.807, 2.05) is 48.5 Å². The molecule has 1 aromatic heterocycles. The molecule has 3 aromatic rings. The SMILES string of the molecule is C=C(C(=O)c1cc2ccc(Cl)cc2s1)c1ccccc1OC. The third-order valence-electron chi connectivity index (χ3n) is 3.41. The van der Waals surface area contributed by atoms with Crippen molar-refractivity contribution in [3.8, 4) is 5.75 Å². The van der Waals surface area contributed by atoms with E-state index in [1.165, 1.54) is 11.3 Å². The third kappa shape index (κ3) is 2.65. The van der Waals surface area contributed by atoms with Crippen molar-refractivity contribution in [3.63, 3.8) is 0 Å². The minimum Gasteiger partial charge on any atom is -0.496 e. The summed E-state index contributed by atoms with van der Waals surface area (Å²) in [5.41, 5.74) is 1.14. The van der Waals surface area contributed by atoms with Gasteiger partial charge in [-0.25, -0.2) is 0 Å². The van der Waals surface area contributed by atoms with E-state index in [4.69, 9.17) is 16.3 Å². The first-order valence-corrected chi connectivity index (χ1v) is 7.85. The number of thiophene rings is 1. The van der Waals surface area contributed by atoms with Crippen LogP contribution in [0.4, 0.5) is 0 Å². The standard InChI is InChI=1S/C18H13ClO2S/c1-11(14-5-3-4-6-15(14)21-2)18(20)17-9-12-7-8-13(19)10-16(12)22-17/h3-10H,1H2,2H3. The Hall–Kier alpha value is -2.10. The molecule has 1 heterocycles. The third-order valence-corrected chi connectivity index (χ3v) is 4.74. The average Bonchev–Trinajstić information content (AvgIpc) is 2.96. The highest BCUT2D eigenvalue weighted by molar-refractivity contribution is 7.21. The van der Waals surface area contributed by atoms with Crippen molar-refractivity contribution in [2.75, 3.05) is 7.11 Å². The summed E-state index contributed by atoms with van der Waals surface area (Å²) in [4.78, 5) is 13.3. The van der Waals surface area contributed by atoms with Crippen molar-refractivity contribution in [2.24, 2.45) is 0 Å². The normalized spacial score (nSPS) is 10.6. The van der Waals surface area contributed by atoms with E-state index < -0.39 is 0 Å². The van der Waals surface area contributed by atoms with Gasteiger partial charge < -0.3 is 4.74 Å². The highest BCUT2D eigenvalue weighted by Crippen LogP contribution is 2.33. The maximum atomic E-state index is 12.7. The highest BCUT2D eigenvalue weighted by Gasteiger charge is 2.18. The second-order valence-electron chi connectivity index (χ2n) is 4.80. The zero-order chi connectivity index (χ0) is 15.7. The smallest absolute Gasteiger partial charge is 0.203 e. The van der Waals surface area contributed by atoms with Crippen LogP contribution in [-0.2, 0) is 0 Å². The first-order valence-electron chi connectivity index (χ1n) is 6.66. The van der Waals surface area contributed by atoms with Crippen LogP contribution in [0.25, 0.3) is 15.7 Å². The van der Waals surface area contributed by atoms with Gasteiger partial charge in [-0.15, -0.1) is 11.3 Å². The minimum atomic E-state index is -0.0955. The molecule has 0 unspecified atom stereocenters. The van der Waals surface area contributed by atoms with E-state index in [2.05, 4.69) is 6.58 Å². The molecule has 2 aromatic carbocycles. The first kappa shape index (κ1) is 14.8.